The number of esters is 1. The predicted molar refractivity (Wildman–Crippen MR) is 68.4 cm³/mol. The monoisotopic (exact) mass is 272 g/mol. The second-order valence-electron chi connectivity index (χ2n) is 4.03. The van der Waals surface area contributed by atoms with E-state index in [1.165, 1.54) is 0 Å². The number of rotatable bonds is 5. The lowest BCUT2D eigenvalue weighted by Gasteiger charge is -2.18. The van der Waals surface area contributed by atoms with Crippen molar-refractivity contribution in [3.63, 3.8) is 0 Å². The molecule has 0 aliphatic carbocycles. The van der Waals surface area contributed by atoms with E-state index in [1.54, 1.807) is 32.0 Å². The Morgan fingerprint density at radius 2 is 2.11 bits per heavy atom. The lowest BCUT2D eigenvalue weighted by atomic mass is 10.0. The number of aryl methyl sites for hydroxylation is 1. The van der Waals surface area contributed by atoms with E-state index in [2.05, 4.69) is 0 Å². The van der Waals surface area contributed by atoms with Crippen molar-refractivity contribution in [3.8, 4) is 0 Å². The SMILES string of the molecule is CCOC(=O)CC(O)C(O)c1ccc(Cl)c(C)c1. The molecule has 0 saturated carbocycles. The van der Waals surface area contributed by atoms with Gasteiger partial charge in [-0.1, -0.05) is 23.7 Å². The molecule has 4 nitrogen and oxygen atoms in total. The van der Waals surface area contributed by atoms with Crippen LogP contribution in [0, 0.1) is 6.92 Å². The summed E-state index contributed by atoms with van der Waals surface area (Å²) in [6.45, 7) is 3.74. The topological polar surface area (TPSA) is 66.8 Å². The standard InChI is InChI=1S/C13H17ClO4/c1-3-18-12(16)7-11(15)13(17)9-4-5-10(14)8(2)6-9/h4-6,11,13,15,17H,3,7H2,1-2H3. The van der Waals surface area contributed by atoms with Crippen LogP contribution < -0.4 is 0 Å². The molecule has 0 aliphatic heterocycles. The Balaban J connectivity index is 2.70. The molecule has 2 atom stereocenters. The highest BCUT2D eigenvalue weighted by Gasteiger charge is 2.22. The molecule has 2 N–H and O–H groups in total. The van der Waals surface area contributed by atoms with Gasteiger partial charge in [0.2, 0.25) is 0 Å². The van der Waals surface area contributed by atoms with Crippen molar-refractivity contribution in [1.82, 2.24) is 0 Å². The van der Waals surface area contributed by atoms with Crippen molar-refractivity contribution in [2.45, 2.75) is 32.5 Å². The Hall–Kier alpha value is -1.10. The zero-order valence-corrected chi connectivity index (χ0v) is 11.1. The first-order chi connectivity index (χ1) is 8.45. The summed E-state index contributed by atoms with van der Waals surface area (Å²) in [5.74, 6) is -0.533. The molecule has 18 heavy (non-hydrogen) atoms. The number of benzene rings is 1. The molecule has 0 aromatic heterocycles. The quantitative estimate of drug-likeness (QED) is 0.805. The zero-order chi connectivity index (χ0) is 13.7. The van der Waals surface area contributed by atoms with Gasteiger partial charge in [-0.15, -0.1) is 0 Å². The maximum atomic E-state index is 11.2. The summed E-state index contributed by atoms with van der Waals surface area (Å²) in [5.41, 5.74) is 1.32. The lowest BCUT2D eigenvalue weighted by molar-refractivity contribution is -0.147. The Kier molecular flexibility index (Phi) is 5.59. The van der Waals surface area contributed by atoms with Gasteiger partial charge in [0.15, 0.2) is 0 Å². The van der Waals surface area contributed by atoms with E-state index >= 15 is 0 Å². The number of ether oxygens (including phenoxy) is 1. The summed E-state index contributed by atoms with van der Waals surface area (Å²) in [4.78, 5) is 11.2. The Morgan fingerprint density at radius 1 is 1.44 bits per heavy atom. The van der Waals surface area contributed by atoms with Gasteiger partial charge in [-0.25, -0.2) is 0 Å². The van der Waals surface area contributed by atoms with E-state index in [9.17, 15) is 15.0 Å². The molecule has 1 aromatic carbocycles. The highest BCUT2D eigenvalue weighted by atomic mass is 35.5. The number of hydrogen-bond donors (Lipinski definition) is 2. The van der Waals surface area contributed by atoms with Gasteiger partial charge in [-0.3, -0.25) is 4.79 Å². The average molecular weight is 273 g/mol. The third-order valence-electron chi connectivity index (χ3n) is 2.57. The van der Waals surface area contributed by atoms with Gasteiger partial charge < -0.3 is 14.9 Å². The largest absolute Gasteiger partial charge is 0.466 e. The first-order valence-electron chi connectivity index (χ1n) is 5.73. The maximum absolute atomic E-state index is 11.2. The number of hydrogen-bond acceptors (Lipinski definition) is 4. The second-order valence-corrected chi connectivity index (χ2v) is 4.44. The summed E-state index contributed by atoms with van der Waals surface area (Å²) in [7, 11) is 0. The van der Waals surface area contributed by atoms with Gasteiger partial charge in [0.25, 0.3) is 0 Å². The fourth-order valence-corrected chi connectivity index (χ4v) is 1.69. The van der Waals surface area contributed by atoms with Crippen molar-refractivity contribution in [2.75, 3.05) is 6.61 Å². The minimum atomic E-state index is -1.19. The van der Waals surface area contributed by atoms with Crippen LogP contribution in [0.25, 0.3) is 0 Å². The number of carbonyl (C=O) groups is 1. The summed E-state index contributed by atoms with van der Waals surface area (Å²) in [5, 5.41) is 20.3. The summed E-state index contributed by atoms with van der Waals surface area (Å²) >= 11 is 5.87. The van der Waals surface area contributed by atoms with E-state index in [0.717, 1.165) is 5.56 Å². The molecular weight excluding hydrogens is 256 g/mol. The molecule has 0 fully saturated rings. The van der Waals surface area contributed by atoms with Gasteiger partial charge in [-0.05, 0) is 31.0 Å². The molecule has 2 unspecified atom stereocenters. The van der Waals surface area contributed by atoms with Crippen LogP contribution in [0.5, 0.6) is 0 Å². The fourth-order valence-electron chi connectivity index (χ4n) is 1.58. The van der Waals surface area contributed by atoms with Crippen molar-refractivity contribution < 1.29 is 19.7 Å². The third-order valence-corrected chi connectivity index (χ3v) is 2.99. The molecule has 0 spiro atoms. The van der Waals surface area contributed by atoms with Crippen LogP contribution in [0.15, 0.2) is 18.2 Å². The van der Waals surface area contributed by atoms with Gasteiger partial charge >= 0.3 is 5.97 Å². The highest BCUT2D eigenvalue weighted by molar-refractivity contribution is 6.31. The fraction of sp³-hybridized carbons (Fsp3) is 0.462. The molecule has 0 bridgehead atoms. The van der Waals surface area contributed by atoms with E-state index in [4.69, 9.17) is 16.3 Å². The van der Waals surface area contributed by atoms with Crippen LogP contribution in [-0.4, -0.2) is 28.9 Å². The molecule has 0 heterocycles. The van der Waals surface area contributed by atoms with E-state index in [0.29, 0.717) is 10.6 Å². The van der Waals surface area contributed by atoms with Crippen molar-refractivity contribution in [2.24, 2.45) is 0 Å². The first kappa shape index (κ1) is 15.0. The zero-order valence-electron chi connectivity index (χ0n) is 10.4. The molecule has 1 aromatic rings. The average Bonchev–Trinajstić information content (AvgIpc) is 2.32. The van der Waals surface area contributed by atoms with E-state index in [1.807, 2.05) is 0 Å². The van der Waals surface area contributed by atoms with Crippen LogP contribution in [0.2, 0.25) is 5.02 Å². The summed E-state index contributed by atoms with van der Waals surface area (Å²) in [6, 6.07) is 4.95. The Morgan fingerprint density at radius 3 is 2.67 bits per heavy atom. The van der Waals surface area contributed by atoms with Crippen LogP contribution in [0.1, 0.15) is 30.6 Å². The molecule has 0 saturated heterocycles. The van der Waals surface area contributed by atoms with Crippen LogP contribution in [-0.2, 0) is 9.53 Å². The molecular formula is C13H17ClO4. The minimum absolute atomic E-state index is 0.239. The third kappa shape index (κ3) is 3.98. The Labute approximate surface area is 111 Å². The molecule has 100 valence electrons. The van der Waals surface area contributed by atoms with E-state index in [-0.39, 0.29) is 13.0 Å². The van der Waals surface area contributed by atoms with Gasteiger partial charge in [0.1, 0.15) is 6.10 Å². The van der Waals surface area contributed by atoms with Crippen LogP contribution in [0.3, 0.4) is 0 Å². The van der Waals surface area contributed by atoms with Crippen molar-refractivity contribution >= 4 is 17.6 Å². The molecule has 0 aliphatic rings. The summed E-state index contributed by atoms with van der Waals surface area (Å²) < 4.78 is 4.71. The number of carbonyl (C=O) groups excluding carboxylic acids is 1. The van der Waals surface area contributed by atoms with Gasteiger partial charge in [0, 0.05) is 5.02 Å². The van der Waals surface area contributed by atoms with Crippen LogP contribution in [0.4, 0.5) is 0 Å². The highest BCUT2D eigenvalue weighted by Crippen LogP contribution is 2.24. The summed E-state index contributed by atoms with van der Waals surface area (Å²) in [6.07, 6.45) is -2.56. The smallest absolute Gasteiger partial charge is 0.308 e. The minimum Gasteiger partial charge on any atom is -0.466 e. The van der Waals surface area contributed by atoms with Crippen molar-refractivity contribution in [1.29, 1.82) is 0 Å². The first-order valence-corrected chi connectivity index (χ1v) is 6.11. The van der Waals surface area contributed by atoms with E-state index < -0.39 is 18.2 Å². The number of aliphatic hydroxyl groups excluding tert-OH is 2. The normalized spacial score (nSPS) is 14.1. The molecule has 5 heteroatoms. The Bertz CT molecular complexity index is 419. The molecule has 0 radical (unpaired) electrons. The molecule has 0 amide bonds. The maximum Gasteiger partial charge on any atom is 0.308 e. The predicted octanol–water partition coefficient (Wildman–Crippen LogP) is 2.00. The lowest BCUT2D eigenvalue weighted by Crippen LogP contribution is -2.23. The number of aliphatic hydroxyl groups is 2. The molecule has 1 rings (SSSR count). The van der Waals surface area contributed by atoms with Crippen LogP contribution >= 0.6 is 11.6 Å². The van der Waals surface area contributed by atoms with Gasteiger partial charge in [-0.2, -0.15) is 0 Å². The number of halogens is 1. The van der Waals surface area contributed by atoms with Gasteiger partial charge in [0.05, 0.1) is 19.1 Å². The second kappa shape index (κ2) is 6.73. The van der Waals surface area contributed by atoms with Crippen molar-refractivity contribution in [3.05, 3.63) is 34.3 Å².